The molecule has 0 spiro atoms. The zero-order chi connectivity index (χ0) is 15.1. The maximum absolute atomic E-state index is 11.1. The molecule has 4 nitrogen and oxygen atoms in total. The SMILES string of the molecule is [2H]C([2H])([2H])C([2H])(c1cc2ccccc2s1)N(O)C(N)=O. The van der Waals surface area contributed by atoms with Gasteiger partial charge in [-0.1, -0.05) is 18.2 Å². The minimum Gasteiger partial charge on any atom is -0.350 e. The van der Waals surface area contributed by atoms with Crippen LogP contribution in [0.4, 0.5) is 4.79 Å². The molecule has 2 amide bonds. The minimum absolute atomic E-state index is 0.0139. The van der Waals surface area contributed by atoms with Gasteiger partial charge in [0.2, 0.25) is 0 Å². The topological polar surface area (TPSA) is 66.6 Å². The number of hydroxylamine groups is 2. The summed E-state index contributed by atoms with van der Waals surface area (Å²) >= 11 is 1.02. The molecular weight excluding hydrogens is 224 g/mol. The van der Waals surface area contributed by atoms with Gasteiger partial charge >= 0.3 is 6.03 Å². The molecule has 2 rings (SSSR count). The Hall–Kier alpha value is -1.59. The normalized spacial score (nSPS) is 19.1. The summed E-state index contributed by atoms with van der Waals surface area (Å²) in [4.78, 5) is 11.1. The Labute approximate surface area is 102 Å². The van der Waals surface area contributed by atoms with Crippen molar-refractivity contribution in [3.63, 3.8) is 0 Å². The smallest absolute Gasteiger partial charge is 0.339 e. The van der Waals surface area contributed by atoms with Crippen LogP contribution < -0.4 is 5.73 Å². The molecule has 1 atom stereocenters. The first-order valence-corrected chi connectivity index (χ1v) is 5.27. The summed E-state index contributed by atoms with van der Waals surface area (Å²) < 4.78 is 31.2. The van der Waals surface area contributed by atoms with Crippen molar-refractivity contribution in [2.75, 3.05) is 0 Å². The van der Waals surface area contributed by atoms with Crippen LogP contribution in [0.2, 0.25) is 0 Å². The van der Waals surface area contributed by atoms with E-state index in [1.807, 2.05) is 0 Å². The fourth-order valence-corrected chi connectivity index (χ4v) is 2.31. The van der Waals surface area contributed by atoms with Crippen LogP contribution in [0.15, 0.2) is 30.3 Å². The van der Waals surface area contributed by atoms with Crippen molar-refractivity contribution in [3.05, 3.63) is 35.2 Å². The molecule has 0 aliphatic heterocycles. The molecule has 0 radical (unpaired) electrons. The van der Waals surface area contributed by atoms with Crippen LogP contribution >= 0.6 is 11.3 Å². The standard InChI is InChI=1S/C11H12N2O2S/c1-7(13(15)11(12)14)10-6-8-4-2-3-5-9(8)16-10/h2-7,15H,1H3,(H2,12,14)/i1D3,7D. The average Bonchev–Trinajstić information content (AvgIpc) is 2.79. The van der Waals surface area contributed by atoms with Gasteiger partial charge in [-0.25, -0.2) is 4.79 Å². The van der Waals surface area contributed by atoms with Crippen LogP contribution in [0.25, 0.3) is 10.1 Å². The average molecular weight is 240 g/mol. The lowest BCUT2D eigenvalue weighted by molar-refractivity contribution is -0.0700. The number of benzene rings is 1. The number of thiophene rings is 1. The van der Waals surface area contributed by atoms with E-state index in [9.17, 15) is 10.0 Å². The molecule has 16 heavy (non-hydrogen) atoms. The summed E-state index contributed by atoms with van der Waals surface area (Å²) in [5.74, 6) is 0. The Morgan fingerprint density at radius 2 is 2.44 bits per heavy atom. The van der Waals surface area contributed by atoms with Crippen molar-refractivity contribution in [2.24, 2.45) is 5.73 Å². The van der Waals surface area contributed by atoms with Crippen LogP contribution in [-0.2, 0) is 0 Å². The second-order valence-corrected chi connectivity index (χ2v) is 4.23. The number of nitrogens with zero attached hydrogens (tertiary/aromatic N) is 1. The van der Waals surface area contributed by atoms with Crippen LogP contribution in [0, 0.1) is 0 Å². The summed E-state index contributed by atoms with van der Waals surface area (Å²) in [6.07, 6.45) is 0. The molecule has 2 aromatic rings. The number of hydrogen-bond donors (Lipinski definition) is 2. The van der Waals surface area contributed by atoms with Crippen molar-refractivity contribution >= 4 is 27.5 Å². The van der Waals surface area contributed by atoms with Gasteiger partial charge in [-0.05, 0) is 24.4 Å². The van der Waals surface area contributed by atoms with Crippen LogP contribution in [-0.4, -0.2) is 16.3 Å². The molecule has 1 unspecified atom stereocenters. The molecular formula is C11H12N2O2S. The fourth-order valence-electron chi connectivity index (χ4n) is 1.31. The van der Waals surface area contributed by atoms with Gasteiger partial charge in [-0.3, -0.25) is 5.21 Å². The molecule has 0 aliphatic rings. The second-order valence-electron chi connectivity index (χ2n) is 3.15. The predicted octanol–water partition coefficient (Wildman–Crippen LogP) is 2.73. The Kier molecular flexibility index (Phi) is 1.77. The first kappa shape index (κ1) is 6.88. The molecule has 5 heteroatoms. The number of hydrogen-bond acceptors (Lipinski definition) is 3. The van der Waals surface area contributed by atoms with E-state index >= 15 is 0 Å². The maximum Gasteiger partial charge on any atom is 0.339 e. The summed E-state index contributed by atoms with van der Waals surface area (Å²) in [7, 11) is 0. The zero-order valence-corrected chi connectivity index (χ0v) is 8.99. The number of rotatable bonds is 2. The highest BCUT2D eigenvalue weighted by molar-refractivity contribution is 7.19. The maximum atomic E-state index is 11.1. The highest BCUT2D eigenvalue weighted by Crippen LogP contribution is 2.31. The Bertz CT molecular complexity index is 624. The van der Waals surface area contributed by atoms with Crippen molar-refractivity contribution in [3.8, 4) is 0 Å². The predicted molar refractivity (Wildman–Crippen MR) is 63.4 cm³/mol. The monoisotopic (exact) mass is 240 g/mol. The van der Waals surface area contributed by atoms with E-state index < -0.39 is 18.9 Å². The van der Waals surface area contributed by atoms with E-state index in [-0.39, 0.29) is 9.94 Å². The first-order valence-electron chi connectivity index (χ1n) is 6.45. The number of carbonyl (C=O) groups excluding carboxylic acids is 1. The number of urea groups is 1. The number of nitrogens with two attached hydrogens (primary N) is 1. The third-order valence-electron chi connectivity index (χ3n) is 2.08. The van der Waals surface area contributed by atoms with Gasteiger partial charge in [-0.15, -0.1) is 11.3 Å². The molecule has 0 saturated heterocycles. The number of fused-ring (bicyclic) bond motifs is 1. The van der Waals surface area contributed by atoms with Crippen molar-refractivity contribution in [1.29, 1.82) is 0 Å². The van der Waals surface area contributed by atoms with Crippen molar-refractivity contribution in [1.82, 2.24) is 5.06 Å². The van der Waals surface area contributed by atoms with E-state index in [0.29, 0.717) is 0 Å². The van der Waals surface area contributed by atoms with Crippen LogP contribution in [0.5, 0.6) is 0 Å². The first-order chi connectivity index (χ1) is 9.18. The molecule has 1 aromatic heterocycles. The Morgan fingerprint density at radius 1 is 1.69 bits per heavy atom. The zero-order valence-electron chi connectivity index (χ0n) is 12.2. The van der Waals surface area contributed by atoms with Crippen LogP contribution in [0.3, 0.4) is 0 Å². The number of carbonyl (C=O) groups is 1. The van der Waals surface area contributed by atoms with E-state index in [2.05, 4.69) is 0 Å². The molecule has 1 heterocycles. The lowest BCUT2D eigenvalue weighted by Gasteiger charge is -2.18. The summed E-state index contributed by atoms with van der Waals surface area (Å²) in [5.41, 5.74) is 4.92. The lowest BCUT2D eigenvalue weighted by atomic mass is 10.2. The molecule has 0 bridgehead atoms. The summed E-state index contributed by atoms with van der Waals surface area (Å²) in [6, 6.07) is 4.48. The lowest BCUT2D eigenvalue weighted by Crippen LogP contribution is -2.34. The van der Waals surface area contributed by atoms with Gasteiger partial charge in [-0.2, -0.15) is 5.06 Å². The van der Waals surface area contributed by atoms with E-state index in [1.165, 1.54) is 6.07 Å². The van der Waals surface area contributed by atoms with Crippen molar-refractivity contribution < 1.29 is 15.5 Å². The Balaban J connectivity index is 2.65. The third-order valence-corrected chi connectivity index (χ3v) is 3.20. The van der Waals surface area contributed by atoms with Gasteiger partial charge in [0.1, 0.15) is 0 Å². The van der Waals surface area contributed by atoms with E-state index in [0.717, 1.165) is 21.4 Å². The molecule has 84 valence electrons. The van der Waals surface area contributed by atoms with Gasteiger partial charge < -0.3 is 5.73 Å². The number of amides is 2. The molecule has 0 aliphatic carbocycles. The number of primary amides is 1. The van der Waals surface area contributed by atoms with Gasteiger partial charge in [0.15, 0.2) is 0 Å². The van der Waals surface area contributed by atoms with Gasteiger partial charge in [0, 0.05) is 13.7 Å². The summed E-state index contributed by atoms with van der Waals surface area (Å²) in [5, 5.41) is 10.2. The highest BCUT2D eigenvalue weighted by Gasteiger charge is 2.18. The fraction of sp³-hybridized carbons (Fsp3) is 0.182. The van der Waals surface area contributed by atoms with Crippen LogP contribution in [0.1, 0.15) is 23.2 Å². The minimum atomic E-state index is -2.96. The third kappa shape index (κ3) is 1.87. The Morgan fingerprint density at radius 3 is 3.06 bits per heavy atom. The largest absolute Gasteiger partial charge is 0.350 e. The van der Waals surface area contributed by atoms with Crippen molar-refractivity contribution in [2.45, 2.75) is 12.9 Å². The van der Waals surface area contributed by atoms with Gasteiger partial charge in [0.05, 0.1) is 7.39 Å². The molecule has 1 aromatic carbocycles. The summed E-state index contributed by atoms with van der Waals surface area (Å²) in [6.45, 7) is -2.96. The van der Waals surface area contributed by atoms with E-state index in [4.69, 9.17) is 11.2 Å². The second kappa shape index (κ2) is 4.11. The quantitative estimate of drug-likeness (QED) is 0.626. The molecule has 0 saturated carbocycles. The molecule has 0 fully saturated rings. The van der Waals surface area contributed by atoms with E-state index in [1.54, 1.807) is 24.3 Å². The molecule has 3 N–H and O–H groups in total. The highest BCUT2D eigenvalue weighted by atomic mass is 32.1. The van der Waals surface area contributed by atoms with Gasteiger partial charge in [0.25, 0.3) is 0 Å².